The highest BCUT2D eigenvalue weighted by molar-refractivity contribution is 5.92. The summed E-state index contributed by atoms with van der Waals surface area (Å²) in [6, 6.07) is 6.83. The third-order valence-corrected chi connectivity index (χ3v) is 4.25. The van der Waals surface area contributed by atoms with Crippen LogP contribution in [0.1, 0.15) is 19.0 Å². The molecule has 1 aliphatic heterocycles. The Hall–Kier alpha value is -2.17. The number of anilines is 1. The first-order valence-corrected chi connectivity index (χ1v) is 7.49. The van der Waals surface area contributed by atoms with Gasteiger partial charge in [-0.15, -0.1) is 0 Å². The predicted molar refractivity (Wildman–Crippen MR) is 83.6 cm³/mol. The Morgan fingerprint density at radius 2 is 2.18 bits per heavy atom. The van der Waals surface area contributed by atoms with Gasteiger partial charge in [0.25, 0.3) is 0 Å². The lowest BCUT2D eigenvalue weighted by Crippen LogP contribution is -2.42. The van der Waals surface area contributed by atoms with Gasteiger partial charge in [0.1, 0.15) is 11.3 Å². The highest BCUT2D eigenvalue weighted by atomic mass is 19.1. The molecule has 2 aromatic rings. The third-order valence-electron chi connectivity index (χ3n) is 4.25. The molecule has 0 amide bonds. The van der Waals surface area contributed by atoms with E-state index in [2.05, 4.69) is 16.8 Å². The predicted octanol–water partition coefficient (Wildman–Crippen LogP) is 3.23. The number of nitrogens with zero attached hydrogens (tertiary/aromatic N) is 2. The van der Waals surface area contributed by atoms with Crippen LogP contribution in [-0.2, 0) is 4.79 Å². The zero-order valence-corrected chi connectivity index (χ0v) is 12.7. The molecule has 2 unspecified atom stereocenters. The number of para-hydroxylation sites is 1. The molecule has 2 atom stereocenters. The largest absolute Gasteiger partial charge is 0.481 e. The van der Waals surface area contributed by atoms with Crippen LogP contribution < -0.4 is 4.90 Å². The molecule has 3 rings (SSSR count). The highest BCUT2D eigenvalue weighted by Gasteiger charge is 2.30. The Morgan fingerprint density at radius 3 is 2.91 bits per heavy atom. The van der Waals surface area contributed by atoms with Gasteiger partial charge in [-0.05, 0) is 31.4 Å². The molecule has 0 radical (unpaired) electrons. The standard InChI is InChI=1S/C17H19FN2O2/c1-10-6-12(17(21)22)9-20(8-10)15-7-11(2)19-16-13(15)4-3-5-14(16)18/h3-5,7,10,12H,6,8-9H2,1-2H3,(H,21,22). The minimum Gasteiger partial charge on any atom is -0.481 e. The van der Waals surface area contributed by atoms with E-state index in [0.29, 0.717) is 18.5 Å². The molecule has 1 aromatic carbocycles. The zero-order valence-electron chi connectivity index (χ0n) is 12.7. The van der Waals surface area contributed by atoms with E-state index in [4.69, 9.17) is 0 Å². The maximum Gasteiger partial charge on any atom is 0.308 e. The molecule has 0 aliphatic carbocycles. The molecule has 0 bridgehead atoms. The van der Waals surface area contributed by atoms with Crippen LogP contribution in [0, 0.1) is 24.6 Å². The molecule has 1 fully saturated rings. The van der Waals surface area contributed by atoms with Gasteiger partial charge in [0, 0.05) is 29.9 Å². The number of aryl methyl sites for hydroxylation is 1. The second kappa shape index (κ2) is 5.55. The molecule has 116 valence electrons. The average Bonchev–Trinajstić information content (AvgIpc) is 2.47. The van der Waals surface area contributed by atoms with E-state index in [0.717, 1.165) is 23.3 Å². The second-order valence-corrected chi connectivity index (χ2v) is 6.20. The fourth-order valence-electron chi connectivity index (χ4n) is 3.31. The van der Waals surface area contributed by atoms with Crippen molar-refractivity contribution in [1.82, 2.24) is 4.98 Å². The number of hydrogen-bond donors (Lipinski definition) is 1. The van der Waals surface area contributed by atoms with Crippen molar-refractivity contribution in [3.8, 4) is 0 Å². The first-order valence-electron chi connectivity index (χ1n) is 7.49. The number of halogens is 1. The summed E-state index contributed by atoms with van der Waals surface area (Å²) in [5.74, 6) is -1.21. The van der Waals surface area contributed by atoms with Gasteiger partial charge in [0.2, 0.25) is 0 Å². The van der Waals surface area contributed by atoms with E-state index >= 15 is 0 Å². The van der Waals surface area contributed by atoms with E-state index in [1.807, 2.05) is 19.1 Å². The van der Waals surface area contributed by atoms with Crippen molar-refractivity contribution >= 4 is 22.6 Å². The van der Waals surface area contributed by atoms with Crippen LogP contribution in [0.5, 0.6) is 0 Å². The van der Waals surface area contributed by atoms with Crippen molar-refractivity contribution in [2.24, 2.45) is 11.8 Å². The van der Waals surface area contributed by atoms with Crippen molar-refractivity contribution < 1.29 is 14.3 Å². The summed E-state index contributed by atoms with van der Waals surface area (Å²) in [5, 5.41) is 10.1. The Balaban J connectivity index is 2.09. The van der Waals surface area contributed by atoms with Crippen LogP contribution in [0.3, 0.4) is 0 Å². The van der Waals surface area contributed by atoms with Gasteiger partial charge in [-0.1, -0.05) is 19.1 Å². The van der Waals surface area contributed by atoms with E-state index < -0.39 is 5.97 Å². The second-order valence-electron chi connectivity index (χ2n) is 6.20. The molecular formula is C17H19FN2O2. The van der Waals surface area contributed by atoms with E-state index in [1.54, 1.807) is 6.07 Å². The van der Waals surface area contributed by atoms with E-state index in [1.165, 1.54) is 6.07 Å². The maximum absolute atomic E-state index is 14.0. The van der Waals surface area contributed by atoms with Gasteiger partial charge in [-0.25, -0.2) is 9.37 Å². The molecular weight excluding hydrogens is 283 g/mol. The number of benzene rings is 1. The lowest BCUT2D eigenvalue weighted by Gasteiger charge is -2.37. The summed E-state index contributed by atoms with van der Waals surface area (Å²) in [7, 11) is 0. The van der Waals surface area contributed by atoms with Crippen molar-refractivity contribution in [3.05, 3.63) is 35.8 Å². The molecule has 22 heavy (non-hydrogen) atoms. The van der Waals surface area contributed by atoms with Gasteiger partial charge in [-0.3, -0.25) is 4.79 Å². The Bertz CT molecular complexity index is 732. The molecule has 0 saturated carbocycles. The van der Waals surface area contributed by atoms with Crippen LogP contribution in [0.15, 0.2) is 24.3 Å². The van der Waals surface area contributed by atoms with Gasteiger partial charge in [-0.2, -0.15) is 0 Å². The molecule has 4 nitrogen and oxygen atoms in total. The van der Waals surface area contributed by atoms with E-state index in [9.17, 15) is 14.3 Å². The van der Waals surface area contributed by atoms with Crippen LogP contribution in [0.4, 0.5) is 10.1 Å². The number of carboxylic acid groups (broad SMARTS) is 1. The number of hydrogen-bond acceptors (Lipinski definition) is 3. The number of piperidine rings is 1. The topological polar surface area (TPSA) is 53.4 Å². The van der Waals surface area contributed by atoms with Crippen molar-refractivity contribution in [3.63, 3.8) is 0 Å². The number of carbonyl (C=O) groups is 1. The van der Waals surface area contributed by atoms with Gasteiger partial charge in [0.15, 0.2) is 0 Å². The lowest BCUT2D eigenvalue weighted by atomic mass is 9.90. The van der Waals surface area contributed by atoms with Crippen LogP contribution in [-0.4, -0.2) is 29.1 Å². The van der Waals surface area contributed by atoms with Crippen molar-refractivity contribution in [2.75, 3.05) is 18.0 Å². The molecule has 0 spiro atoms. The van der Waals surface area contributed by atoms with Crippen LogP contribution >= 0.6 is 0 Å². The fraction of sp³-hybridized carbons (Fsp3) is 0.412. The highest BCUT2D eigenvalue weighted by Crippen LogP contribution is 2.33. The molecule has 5 heteroatoms. The van der Waals surface area contributed by atoms with Gasteiger partial charge >= 0.3 is 5.97 Å². The summed E-state index contributed by atoms with van der Waals surface area (Å²) in [4.78, 5) is 17.7. The van der Waals surface area contributed by atoms with Gasteiger partial charge < -0.3 is 10.0 Å². The summed E-state index contributed by atoms with van der Waals surface area (Å²) in [6.45, 7) is 5.12. The molecule has 1 N–H and O–H groups in total. The Labute approximate surface area is 128 Å². The van der Waals surface area contributed by atoms with Crippen molar-refractivity contribution in [1.29, 1.82) is 0 Å². The monoisotopic (exact) mass is 302 g/mol. The smallest absolute Gasteiger partial charge is 0.308 e. The van der Waals surface area contributed by atoms with E-state index in [-0.39, 0.29) is 17.7 Å². The fourth-order valence-corrected chi connectivity index (χ4v) is 3.31. The first-order chi connectivity index (χ1) is 10.5. The summed E-state index contributed by atoms with van der Waals surface area (Å²) in [6.07, 6.45) is 0.683. The minimum absolute atomic E-state index is 0.284. The Morgan fingerprint density at radius 1 is 1.41 bits per heavy atom. The first kappa shape index (κ1) is 14.8. The van der Waals surface area contributed by atoms with Gasteiger partial charge in [0.05, 0.1) is 5.92 Å². The summed E-state index contributed by atoms with van der Waals surface area (Å²) >= 11 is 0. The molecule has 2 heterocycles. The Kier molecular flexibility index (Phi) is 3.72. The number of carboxylic acids is 1. The lowest BCUT2D eigenvalue weighted by molar-refractivity contribution is -0.142. The molecule has 1 aromatic heterocycles. The minimum atomic E-state index is -0.766. The SMILES string of the molecule is Cc1cc(N2CC(C)CC(C(=O)O)C2)c2cccc(F)c2n1. The normalized spacial score (nSPS) is 22.0. The van der Waals surface area contributed by atoms with Crippen molar-refractivity contribution in [2.45, 2.75) is 20.3 Å². The third kappa shape index (κ3) is 2.63. The summed E-state index contributed by atoms with van der Waals surface area (Å²) < 4.78 is 14.0. The quantitative estimate of drug-likeness (QED) is 0.925. The average molecular weight is 302 g/mol. The zero-order chi connectivity index (χ0) is 15.9. The number of pyridine rings is 1. The van der Waals surface area contributed by atoms with Crippen LogP contribution in [0.2, 0.25) is 0 Å². The number of aromatic nitrogens is 1. The maximum atomic E-state index is 14.0. The molecule has 1 aliphatic rings. The number of fused-ring (bicyclic) bond motifs is 1. The molecule has 1 saturated heterocycles. The summed E-state index contributed by atoms with van der Waals surface area (Å²) in [5.41, 5.74) is 1.96. The number of rotatable bonds is 2. The van der Waals surface area contributed by atoms with Crippen LogP contribution in [0.25, 0.3) is 10.9 Å². The number of aliphatic carboxylic acids is 1.